The van der Waals surface area contributed by atoms with Crippen LogP contribution in [0, 0.1) is 0 Å². The number of para-hydroxylation sites is 1. The summed E-state index contributed by atoms with van der Waals surface area (Å²) >= 11 is 0. The van der Waals surface area contributed by atoms with E-state index in [0.717, 1.165) is 0 Å². The number of carbonyl (C=O) groups excluding carboxylic acids is 3. The molecule has 0 spiro atoms. The molecule has 0 aliphatic carbocycles. The zero-order valence-electron chi connectivity index (χ0n) is 15.7. The molecule has 2 aromatic carbocycles. The van der Waals surface area contributed by atoms with E-state index in [-0.39, 0.29) is 12.3 Å². The molecular formula is C20H20N4O5. The highest BCUT2D eigenvalue weighted by Gasteiger charge is 2.15. The first kappa shape index (κ1) is 19.9. The summed E-state index contributed by atoms with van der Waals surface area (Å²) in [6.45, 7) is 2.51. The van der Waals surface area contributed by atoms with Crippen molar-refractivity contribution in [2.24, 2.45) is 5.10 Å². The summed E-state index contributed by atoms with van der Waals surface area (Å²) in [5.74, 6) is -0.917. The summed E-state index contributed by atoms with van der Waals surface area (Å²) in [5, 5.41) is 8.95. The van der Waals surface area contributed by atoms with E-state index in [1.54, 1.807) is 55.5 Å². The molecule has 2 aromatic rings. The summed E-state index contributed by atoms with van der Waals surface area (Å²) < 4.78 is 10.9. The Labute approximate surface area is 167 Å². The second-order valence-corrected chi connectivity index (χ2v) is 6.19. The Kier molecular flexibility index (Phi) is 6.41. The minimum Gasteiger partial charge on any atom is -0.486 e. The van der Waals surface area contributed by atoms with Crippen molar-refractivity contribution in [3.05, 3.63) is 48.5 Å². The van der Waals surface area contributed by atoms with Gasteiger partial charge in [0.2, 0.25) is 5.91 Å². The Hall–Kier alpha value is -3.88. The minimum absolute atomic E-state index is 0.0605. The molecule has 0 atom stereocenters. The molecule has 9 heteroatoms. The van der Waals surface area contributed by atoms with Gasteiger partial charge >= 0.3 is 11.8 Å². The van der Waals surface area contributed by atoms with E-state index in [1.165, 1.54) is 0 Å². The number of anilines is 2. The van der Waals surface area contributed by atoms with Gasteiger partial charge in [-0.1, -0.05) is 18.2 Å². The third-order valence-corrected chi connectivity index (χ3v) is 3.83. The number of hydrogen-bond acceptors (Lipinski definition) is 6. The van der Waals surface area contributed by atoms with Gasteiger partial charge in [0.05, 0.1) is 6.42 Å². The second kappa shape index (κ2) is 9.36. The Morgan fingerprint density at radius 1 is 0.897 bits per heavy atom. The van der Waals surface area contributed by atoms with Crippen LogP contribution in [0.25, 0.3) is 0 Å². The monoisotopic (exact) mass is 396 g/mol. The maximum Gasteiger partial charge on any atom is 0.329 e. The number of rotatable bonds is 5. The molecule has 0 saturated heterocycles. The van der Waals surface area contributed by atoms with Crippen LogP contribution in [0.5, 0.6) is 11.5 Å². The summed E-state index contributed by atoms with van der Waals surface area (Å²) in [6.07, 6.45) is -0.0605. The zero-order valence-corrected chi connectivity index (χ0v) is 15.7. The molecule has 3 N–H and O–H groups in total. The summed E-state index contributed by atoms with van der Waals surface area (Å²) in [5.41, 5.74) is 3.51. The lowest BCUT2D eigenvalue weighted by molar-refractivity contribution is -0.136. The molecule has 0 aromatic heterocycles. The quantitative estimate of drug-likeness (QED) is 0.405. The Morgan fingerprint density at radius 3 is 2.38 bits per heavy atom. The fourth-order valence-electron chi connectivity index (χ4n) is 2.50. The first-order valence-electron chi connectivity index (χ1n) is 8.90. The van der Waals surface area contributed by atoms with Crippen LogP contribution >= 0.6 is 0 Å². The highest BCUT2D eigenvalue weighted by molar-refractivity contribution is 6.39. The zero-order chi connectivity index (χ0) is 20.6. The van der Waals surface area contributed by atoms with Crippen LogP contribution in [0.3, 0.4) is 0 Å². The first-order valence-corrected chi connectivity index (χ1v) is 8.90. The molecule has 1 aliphatic heterocycles. The van der Waals surface area contributed by atoms with Crippen molar-refractivity contribution in [1.82, 2.24) is 5.43 Å². The van der Waals surface area contributed by atoms with Gasteiger partial charge in [0.25, 0.3) is 0 Å². The standard InChI is InChI=1S/C20H20N4O5/c1-13(23-24-20(27)19(26)22-14-5-3-2-4-6-14)11-18(25)21-15-7-8-16-17(12-15)29-10-9-28-16/h2-8,12H,9-11H2,1H3,(H,21,25)(H,22,26)(H,24,27)/b23-13-. The normalized spacial score (nSPS) is 12.7. The predicted octanol–water partition coefficient (Wildman–Crippen LogP) is 1.92. The van der Waals surface area contributed by atoms with Crippen molar-refractivity contribution in [1.29, 1.82) is 0 Å². The summed E-state index contributed by atoms with van der Waals surface area (Å²) in [6, 6.07) is 13.7. The minimum atomic E-state index is -0.930. The first-order chi connectivity index (χ1) is 14.0. The molecule has 1 aliphatic rings. The van der Waals surface area contributed by atoms with Gasteiger partial charge in [-0.2, -0.15) is 5.10 Å². The third-order valence-electron chi connectivity index (χ3n) is 3.83. The maximum atomic E-state index is 12.2. The number of carbonyl (C=O) groups is 3. The van der Waals surface area contributed by atoms with Crippen LogP contribution in [0.4, 0.5) is 11.4 Å². The number of hydrogen-bond donors (Lipinski definition) is 3. The smallest absolute Gasteiger partial charge is 0.329 e. The average molecular weight is 396 g/mol. The van der Waals surface area contributed by atoms with Gasteiger partial charge < -0.3 is 20.1 Å². The SMILES string of the molecule is C/C(CC(=O)Nc1ccc2c(c1)OCCO2)=N/NC(=O)C(=O)Nc1ccccc1. The second-order valence-electron chi connectivity index (χ2n) is 6.19. The molecule has 0 unspecified atom stereocenters. The average Bonchev–Trinajstić information content (AvgIpc) is 2.72. The number of ether oxygens (including phenoxy) is 2. The molecule has 1 heterocycles. The molecule has 0 bridgehead atoms. The van der Waals surface area contributed by atoms with Crippen molar-refractivity contribution in [3.63, 3.8) is 0 Å². The van der Waals surface area contributed by atoms with Gasteiger partial charge in [0.1, 0.15) is 13.2 Å². The van der Waals surface area contributed by atoms with E-state index in [2.05, 4.69) is 21.2 Å². The molecule has 0 saturated carbocycles. The molecule has 3 amide bonds. The number of fused-ring (bicyclic) bond motifs is 1. The molecule has 3 rings (SSSR count). The highest BCUT2D eigenvalue weighted by atomic mass is 16.6. The predicted molar refractivity (Wildman–Crippen MR) is 107 cm³/mol. The maximum absolute atomic E-state index is 12.2. The topological polar surface area (TPSA) is 118 Å². The molecule has 150 valence electrons. The lowest BCUT2D eigenvalue weighted by Gasteiger charge is -2.19. The van der Waals surface area contributed by atoms with Crippen molar-refractivity contribution in [3.8, 4) is 11.5 Å². The van der Waals surface area contributed by atoms with Crippen molar-refractivity contribution < 1.29 is 23.9 Å². The number of hydrazone groups is 1. The lowest BCUT2D eigenvalue weighted by Crippen LogP contribution is -2.33. The van der Waals surface area contributed by atoms with Gasteiger partial charge in [0, 0.05) is 23.2 Å². The fraction of sp³-hybridized carbons (Fsp3) is 0.200. The van der Waals surface area contributed by atoms with Gasteiger partial charge in [-0.15, -0.1) is 0 Å². The van der Waals surface area contributed by atoms with Crippen LogP contribution in [0.2, 0.25) is 0 Å². The molecule has 9 nitrogen and oxygen atoms in total. The fourth-order valence-corrected chi connectivity index (χ4v) is 2.50. The molecule has 0 radical (unpaired) electrons. The largest absolute Gasteiger partial charge is 0.486 e. The van der Waals surface area contributed by atoms with E-state index in [0.29, 0.717) is 41.8 Å². The number of benzene rings is 2. The Bertz CT molecular complexity index is 943. The van der Waals surface area contributed by atoms with Crippen molar-refractivity contribution in [2.45, 2.75) is 13.3 Å². The Balaban J connectivity index is 1.48. The van der Waals surface area contributed by atoms with Crippen LogP contribution in [-0.4, -0.2) is 36.6 Å². The van der Waals surface area contributed by atoms with Gasteiger partial charge in [-0.05, 0) is 31.2 Å². The van der Waals surface area contributed by atoms with Crippen molar-refractivity contribution >= 4 is 34.8 Å². The van der Waals surface area contributed by atoms with Crippen LogP contribution < -0.4 is 25.5 Å². The highest BCUT2D eigenvalue weighted by Crippen LogP contribution is 2.32. The summed E-state index contributed by atoms with van der Waals surface area (Å²) in [4.78, 5) is 35.8. The van der Waals surface area contributed by atoms with E-state index < -0.39 is 11.8 Å². The van der Waals surface area contributed by atoms with Gasteiger partial charge in [0.15, 0.2) is 11.5 Å². The van der Waals surface area contributed by atoms with Gasteiger partial charge in [-0.25, -0.2) is 5.43 Å². The van der Waals surface area contributed by atoms with Crippen LogP contribution in [-0.2, 0) is 14.4 Å². The third kappa shape index (κ3) is 5.80. The number of nitrogens with zero attached hydrogens (tertiary/aromatic N) is 1. The molecular weight excluding hydrogens is 376 g/mol. The molecule has 29 heavy (non-hydrogen) atoms. The van der Waals surface area contributed by atoms with Gasteiger partial charge in [-0.3, -0.25) is 14.4 Å². The van der Waals surface area contributed by atoms with E-state index in [1.807, 2.05) is 0 Å². The number of amides is 3. The van der Waals surface area contributed by atoms with E-state index in [4.69, 9.17) is 9.47 Å². The lowest BCUT2D eigenvalue weighted by atomic mass is 10.2. The van der Waals surface area contributed by atoms with Crippen molar-refractivity contribution in [2.75, 3.05) is 23.8 Å². The van der Waals surface area contributed by atoms with E-state index >= 15 is 0 Å². The van der Waals surface area contributed by atoms with Crippen LogP contribution in [0.15, 0.2) is 53.6 Å². The molecule has 0 fully saturated rings. The Morgan fingerprint density at radius 2 is 1.62 bits per heavy atom. The van der Waals surface area contributed by atoms with Crippen LogP contribution in [0.1, 0.15) is 13.3 Å². The number of nitrogens with one attached hydrogen (secondary N) is 3. The van der Waals surface area contributed by atoms with E-state index in [9.17, 15) is 14.4 Å². The summed E-state index contributed by atoms with van der Waals surface area (Å²) in [7, 11) is 0.